The van der Waals surface area contributed by atoms with Gasteiger partial charge in [-0.25, -0.2) is 13.8 Å². The van der Waals surface area contributed by atoms with Crippen LogP contribution in [-0.4, -0.2) is 40.6 Å². The van der Waals surface area contributed by atoms with Gasteiger partial charge in [-0.15, -0.1) is 10.2 Å². The maximum atomic E-state index is 13.9. The van der Waals surface area contributed by atoms with E-state index < -0.39 is 17.0 Å². The van der Waals surface area contributed by atoms with E-state index in [4.69, 9.17) is 13.9 Å². The fourth-order valence-corrected chi connectivity index (χ4v) is 5.00. The van der Waals surface area contributed by atoms with Crippen LogP contribution in [0.2, 0.25) is 0 Å². The van der Waals surface area contributed by atoms with Crippen molar-refractivity contribution in [2.24, 2.45) is 0 Å². The molecule has 0 bridgehead atoms. The van der Waals surface area contributed by atoms with Gasteiger partial charge in [0, 0.05) is 26.1 Å². The summed E-state index contributed by atoms with van der Waals surface area (Å²) < 4.78 is 46.4. The van der Waals surface area contributed by atoms with Crippen molar-refractivity contribution in [1.29, 1.82) is 0 Å². The number of hydrogen-bond donors (Lipinski definition) is 0. The van der Waals surface area contributed by atoms with E-state index in [0.717, 1.165) is 42.4 Å². The highest BCUT2D eigenvalue weighted by molar-refractivity contribution is 5.71. The summed E-state index contributed by atoms with van der Waals surface area (Å²) in [5.74, 6) is 1.61. The molecule has 7 nitrogen and oxygen atoms in total. The van der Waals surface area contributed by atoms with Crippen LogP contribution in [0.25, 0.3) is 22.7 Å². The molecule has 9 heteroatoms. The van der Waals surface area contributed by atoms with Crippen LogP contribution in [0.5, 0.6) is 5.75 Å². The minimum absolute atomic E-state index is 0.386. The SMILES string of the molecule is COCC1(Cc2ccc(F)c(F)c2)CCCn2c(-c3ccc(-c4cnc(C)o4)c(OC)c3)nnc21. The number of aromatic nitrogens is 4. The lowest BCUT2D eigenvalue weighted by atomic mass is 9.75. The van der Waals surface area contributed by atoms with Crippen LogP contribution in [0.3, 0.4) is 0 Å². The summed E-state index contributed by atoms with van der Waals surface area (Å²) in [6.07, 6.45) is 3.80. The van der Waals surface area contributed by atoms with Crippen molar-refractivity contribution in [3.63, 3.8) is 0 Å². The Kier molecular flexibility index (Phi) is 6.10. The predicted octanol–water partition coefficient (Wildman–Crippen LogP) is 5.12. The third-order valence-electron chi connectivity index (χ3n) is 6.56. The quantitative estimate of drug-likeness (QED) is 0.366. The lowest BCUT2D eigenvalue weighted by Crippen LogP contribution is -2.40. The van der Waals surface area contributed by atoms with E-state index in [0.29, 0.717) is 41.8 Å². The molecule has 5 rings (SSSR count). The van der Waals surface area contributed by atoms with Crippen molar-refractivity contribution in [2.45, 2.75) is 38.1 Å². The molecule has 1 aliphatic rings. The number of halogens is 2. The lowest BCUT2D eigenvalue weighted by molar-refractivity contribution is 0.105. The summed E-state index contributed by atoms with van der Waals surface area (Å²) in [4.78, 5) is 4.17. The van der Waals surface area contributed by atoms with Gasteiger partial charge in [0.05, 0.1) is 30.9 Å². The summed E-state index contributed by atoms with van der Waals surface area (Å²) in [6, 6.07) is 9.80. The monoisotopic (exact) mass is 480 g/mol. The topological polar surface area (TPSA) is 75.2 Å². The van der Waals surface area contributed by atoms with Crippen LogP contribution < -0.4 is 4.74 Å². The highest BCUT2D eigenvalue weighted by Gasteiger charge is 2.41. The predicted molar refractivity (Wildman–Crippen MR) is 125 cm³/mol. The van der Waals surface area contributed by atoms with Crippen LogP contribution in [0, 0.1) is 18.6 Å². The molecular formula is C26H26F2N4O3. The summed E-state index contributed by atoms with van der Waals surface area (Å²) in [5, 5.41) is 9.11. The average molecular weight is 481 g/mol. The second-order valence-corrected chi connectivity index (χ2v) is 8.90. The Hall–Kier alpha value is -3.59. The van der Waals surface area contributed by atoms with Gasteiger partial charge < -0.3 is 18.5 Å². The first-order chi connectivity index (χ1) is 16.9. The van der Waals surface area contributed by atoms with Gasteiger partial charge in [0.25, 0.3) is 0 Å². The molecule has 0 radical (unpaired) electrons. The van der Waals surface area contributed by atoms with E-state index in [1.165, 1.54) is 6.07 Å². The highest BCUT2D eigenvalue weighted by Crippen LogP contribution is 2.40. The normalized spacial score (nSPS) is 17.4. The Morgan fingerprint density at radius 3 is 2.66 bits per heavy atom. The van der Waals surface area contributed by atoms with E-state index in [1.54, 1.807) is 33.4 Å². The number of hydrogen-bond acceptors (Lipinski definition) is 6. The second kappa shape index (κ2) is 9.22. The Bertz CT molecular complexity index is 1370. The van der Waals surface area contributed by atoms with Gasteiger partial charge in [0.15, 0.2) is 29.1 Å². The third kappa shape index (κ3) is 4.20. The van der Waals surface area contributed by atoms with Crippen molar-refractivity contribution in [2.75, 3.05) is 20.8 Å². The number of oxazole rings is 1. The van der Waals surface area contributed by atoms with Gasteiger partial charge in [0.2, 0.25) is 0 Å². The molecule has 1 atom stereocenters. The van der Waals surface area contributed by atoms with E-state index in [1.807, 2.05) is 18.2 Å². The number of ether oxygens (including phenoxy) is 2. The van der Waals surface area contributed by atoms with Gasteiger partial charge >= 0.3 is 0 Å². The minimum Gasteiger partial charge on any atom is -0.496 e. The number of benzene rings is 2. The maximum Gasteiger partial charge on any atom is 0.191 e. The summed E-state index contributed by atoms with van der Waals surface area (Å²) >= 11 is 0. The third-order valence-corrected chi connectivity index (χ3v) is 6.56. The number of aryl methyl sites for hydroxylation is 1. The number of methoxy groups -OCH3 is 2. The first kappa shape index (κ1) is 23.2. The number of fused-ring (bicyclic) bond motifs is 1. The molecule has 1 aliphatic heterocycles. The first-order valence-corrected chi connectivity index (χ1v) is 11.4. The maximum absolute atomic E-state index is 13.9. The van der Waals surface area contributed by atoms with Gasteiger partial charge in [-0.2, -0.15) is 0 Å². The smallest absolute Gasteiger partial charge is 0.191 e. The van der Waals surface area contributed by atoms with E-state index >= 15 is 0 Å². The molecule has 2 aromatic carbocycles. The molecule has 0 amide bonds. The molecule has 182 valence electrons. The standard InChI is InChI=1S/C26H26F2N4O3/c1-16-29-14-23(35-16)19-7-6-18(12-22(19)34-3)24-30-31-25-26(15-33-2,9-4-10-32(24)25)13-17-5-8-20(27)21(28)11-17/h5-8,11-12,14H,4,9-10,13,15H2,1-3H3. The van der Waals surface area contributed by atoms with E-state index in [2.05, 4.69) is 19.7 Å². The zero-order valence-corrected chi connectivity index (χ0v) is 19.8. The van der Waals surface area contributed by atoms with Crippen molar-refractivity contribution in [3.8, 4) is 28.5 Å². The fourth-order valence-electron chi connectivity index (χ4n) is 5.00. The molecule has 0 aliphatic carbocycles. The van der Waals surface area contributed by atoms with Gasteiger partial charge in [-0.1, -0.05) is 12.1 Å². The van der Waals surface area contributed by atoms with Crippen LogP contribution in [0.1, 0.15) is 30.1 Å². The fraction of sp³-hybridized carbons (Fsp3) is 0.346. The van der Waals surface area contributed by atoms with Crippen molar-refractivity contribution in [1.82, 2.24) is 19.7 Å². The summed E-state index contributed by atoms with van der Waals surface area (Å²) in [5.41, 5.74) is 1.82. The first-order valence-electron chi connectivity index (χ1n) is 11.4. The molecule has 3 heterocycles. The lowest BCUT2D eigenvalue weighted by Gasteiger charge is -2.36. The second-order valence-electron chi connectivity index (χ2n) is 8.90. The Morgan fingerprint density at radius 2 is 1.94 bits per heavy atom. The zero-order chi connectivity index (χ0) is 24.6. The van der Waals surface area contributed by atoms with E-state index in [-0.39, 0.29) is 0 Å². The molecule has 2 aromatic heterocycles. The minimum atomic E-state index is -0.860. The van der Waals surface area contributed by atoms with Crippen molar-refractivity contribution < 1.29 is 22.7 Å². The molecular weight excluding hydrogens is 454 g/mol. The van der Waals surface area contributed by atoms with E-state index in [9.17, 15) is 8.78 Å². The Balaban J connectivity index is 1.54. The molecule has 0 N–H and O–H groups in total. The van der Waals surface area contributed by atoms with Gasteiger partial charge in [-0.05, 0) is 49.1 Å². The summed E-state index contributed by atoms with van der Waals surface area (Å²) in [6.45, 7) is 2.92. The molecule has 35 heavy (non-hydrogen) atoms. The largest absolute Gasteiger partial charge is 0.496 e. The van der Waals surface area contributed by atoms with Gasteiger partial charge in [-0.3, -0.25) is 0 Å². The molecule has 1 unspecified atom stereocenters. The molecule has 0 saturated heterocycles. The molecule has 0 spiro atoms. The highest BCUT2D eigenvalue weighted by atomic mass is 19.2. The number of rotatable bonds is 7. The van der Waals surface area contributed by atoms with Crippen LogP contribution >= 0.6 is 0 Å². The molecule has 4 aromatic rings. The van der Waals surface area contributed by atoms with Crippen LogP contribution in [0.4, 0.5) is 8.78 Å². The average Bonchev–Trinajstić information content (AvgIpc) is 3.48. The van der Waals surface area contributed by atoms with Crippen molar-refractivity contribution >= 4 is 0 Å². The van der Waals surface area contributed by atoms with Crippen LogP contribution in [-0.2, 0) is 23.1 Å². The Labute approximate surface area is 201 Å². The number of nitrogens with zero attached hydrogens (tertiary/aromatic N) is 4. The van der Waals surface area contributed by atoms with Crippen LogP contribution in [0.15, 0.2) is 47.0 Å². The molecule has 0 fully saturated rings. The van der Waals surface area contributed by atoms with Crippen molar-refractivity contribution in [3.05, 3.63) is 71.5 Å². The van der Waals surface area contributed by atoms with Gasteiger partial charge in [0.1, 0.15) is 11.6 Å². The molecule has 0 saturated carbocycles. The Morgan fingerprint density at radius 1 is 1.09 bits per heavy atom. The zero-order valence-electron chi connectivity index (χ0n) is 19.8. The summed E-state index contributed by atoms with van der Waals surface area (Å²) in [7, 11) is 3.24.